The van der Waals surface area contributed by atoms with Crippen molar-refractivity contribution in [1.29, 1.82) is 0 Å². The molecule has 0 aliphatic rings. The number of carbonyl (C=O) groups excluding carboxylic acids is 1. The van der Waals surface area contributed by atoms with Gasteiger partial charge in [-0.2, -0.15) is 0 Å². The van der Waals surface area contributed by atoms with Crippen molar-refractivity contribution in [1.82, 2.24) is 5.32 Å². The van der Waals surface area contributed by atoms with E-state index in [2.05, 4.69) is 5.32 Å². The molecule has 7 heteroatoms. The fourth-order valence-corrected chi connectivity index (χ4v) is 2.24. The molecule has 3 N–H and O–H groups in total. The van der Waals surface area contributed by atoms with Gasteiger partial charge in [-0.1, -0.05) is 23.2 Å². The molecule has 1 rings (SSSR count). The second-order valence-electron chi connectivity index (χ2n) is 4.08. The van der Waals surface area contributed by atoms with E-state index in [1.807, 2.05) is 22.6 Å². The second-order valence-corrected chi connectivity index (χ2v) is 6.00. The van der Waals surface area contributed by atoms with Crippen molar-refractivity contribution >= 4 is 51.7 Å². The van der Waals surface area contributed by atoms with Crippen LogP contribution >= 0.6 is 45.8 Å². The van der Waals surface area contributed by atoms with Gasteiger partial charge in [-0.15, -0.1) is 0 Å². The fourth-order valence-electron chi connectivity index (χ4n) is 1.19. The lowest BCUT2D eigenvalue weighted by Gasteiger charge is -2.26. The van der Waals surface area contributed by atoms with Crippen molar-refractivity contribution in [3.05, 3.63) is 31.3 Å². The number of amides is 1. The molecular weight excluding hydrogens is 392 g/mol. The lowest BCUT2D eigenvalue weighted by Crippen LogP contribution is -2.51. The van der Waals surface area contributed by atoms with Crippen LogP contribution in [-0.4, -0.2) is 34.9 Å². The molecule has 0 atom stereocenters. The number of hydrogen-bond donors (Lipinski definition) is 3. The topological polar surface area (TPSA) is 69.6 Å². The molecule has 0 radical (unpaired) electrons. The molecule has 0 aliphatic carbocycles. The summed E-state index contributed by atoms with van der Waals surface area (Å²) in [4.78, 5) is 12.0. The van der Waals surface area contributed by atoms with E-state index in [1.54, 1.807) is 6.07 Å². The minimum absolute atomic E-state index is 0.307. The zero-order chi connectivity index (χ0) is 13.9. The minimum Gasteiger partial charge on any atom is -0.394 e. The molecule has 0 fully saturated rings. The molecule has 18 heavy (non-hydrogen) atoms. The SMILES string of the molecule is CC(CO)(CO)NC(=O)c1cc(Cl)cc(Cl)c1I. The summed E-state index contributed by atoms with van der Waals surface area (Å²) < 4.78 is 0.564. The van der Waals surface area contributed by atoms with Gasteiger partial charge in [0.2, 0.25) is 0 Å². The second kappa shape index (κ2) is 6.38. The Morgan fingerprint density at radius 1 is 1.39 bits per heavy atom. The molecule has 4 nitrogen and oxygen atoms in total. The molecule has 0 bridgehead atoms. The Hall–Kier alpha value is -0.0800. The monoisotopic (exact) mass is 403 g/mol. The highest BCUT2D eigenvalue weighted by Crippen LogP contribution is 2.27. The van der Waals surface area contributed by atoms with Gasteiger partial charge in [0.1, 0.15) is 0 Å². The van der Waals surface area contributed by atoms with E-state index in [-0.39, 0.29) is 13.2 Å². The number of nitrogens with one attached hydrogen (secondary N) is 1. The lowest BCUT2D eigenvalue weighted by atomic mass is 10.0. The largest absolute Gasteiger partial charge is 0.394 e. The maximum Gasteiger partial charge on any atom is 0.253 e. The molecule has 0 spiro atoms. The van der Waals surface area contributed by atoms with Crippen molar-refractivity contribution in [2.75, 3.05) is 13.2 Å². The summed E-state index contributed by atoms with van der Waals surface area (Å²) in [5.74, 6) is -0.450. The Morgan fingerprint density at radius 2 is 1.94 bits per heavy atom. The Morgan fingerprint density at radius 3 is 2.44 bits per heavy atom. The van der Waals surface area contributed by atoms with Gasteiger partial charge in [0.05, 0.1) is 29.3 Å². The highest BCUT2D eigenvalue weighted by molar-refractivity contribution is 14.1. The van der Waals surface area contributed by atoms with Gasteiger partial charge in [0.25, 0.3) is 5.91 Å². The Bertz CT molecular complexity index is 464. The zero-order valence-corrected chi connectivity index (χ0v) is 13.2. The summed E-state index contributed by atoms with van der Waals surface area (Å²) in [6.45, 7) is 0.782. The fraction of sp³-hybridized carbons (Fsp3) is 0.364. The highest BCUT2D eigenvalue weighted by atomic mass is 127. The molecule has 1 aromatic rings. The third-order valence-corrected chi connectivity index (χ3v) is 4.35. The first-order valence-corrected chi connectivity index (χ1v) is 6.85. The van der Waals surface area contributed by atoms with Gasteiger partial charge in [0, 0.05) is 8.59 Å². The van der Waals surface area contributed by atoms with E-state index in [0.717, 1.165) is 0 Å². The van der Waals surface area contributed by atoms with E-state index >= 15 is 0 Å². The van der Waals surface area contributed by atoms with Gasteiger partial charge in [-0.05, 0) is 41.6 Å². The third-order valence-electron chi connectivity index (χ3n) is 2.35. The smallest absolute Gasteiger partial charge is 0.253 e. The molecular formula is C11H12Cl2INO3. The number of aliphatic hydroxyl groups excluding tert-OH is 2. The van der Waals surface area contributed by atoms with E-state index < -0.39 is 11.4 Å². The Labute approximate surface area is 128 Å². The van der Waals surface area contributed by atoms with Gasteiger partial charge in [0.15, 0.2) is 0 Å². The van der Waals surface area contributed by atoms with E-state index in [9.17, 15) is 4.79 Å². The maximum atomic E-state index is 12.0. The normalized spacial score (nSPS) is 11.4. The van der Waals surface area contributed by atoms with Crippen LogP contribution in [0, 0.1) is 3.57 Å². The van der Waals surface area contributed by atoms with Crippen LogP contribution in [0.4, 0.5) is 0 Å². The van der Waals surface area contributed by atoms with Crippen LogP contribution in [-0.2, 0) is 0 Å². The van der Waals surface area contributed by atoms with E-state index in [0.29, 0.717) is 19.2 Å². The van der Waals surface area contributed by atoms with Crippen LogP contribution in [0.25, 0.3) is 0 Å². The number of rotatable bonds is 4. The van der Waals surface area contributed by atoms with Crippen LogP contribution in [0.15, 0.2) is 12.1 Å². The van der Waals surface area contributed by atoms with Crippen LogP contribution in [0.2, 0.25) is 10.0 Å². The van der Waals surface area contributed by atoms with Gasteiger partial charge >= 0.3 is 0 Å². The molecule has 0 saturated carbocycles. The number of aliphatic hydroxyl groups is 2. The van der Waals surface area contributed by atoms with Crippen molar-refractivity contribution in [2.45, 2.75) is 12.5 Å². The Kier molecular flexibility index (Phi) is 5.67. The first kappa shape index (κ1) is 16.0. The summed E-state index contributed by atoms with van der Waals surface area (Å²) >= 11 is 13.7. The van der Waals surface area contributed by atoms with Crippen LogP contribution in [0.5, 0.6) is 0 Å². The number of halogens is 3. The van der Waals surface area contributed by atoms with Gasteiger partial charge in [-0.25, -0.2) is 0 Å². The highest BCUT2D eigenvalue weighted by Gasteiger charge is 2.26. The van der Waals surface area contributed by atoms with Gasteiger partial charge in [-0.3, -0.25) is 4.79 Å². The lowest BCUT2D eigenvalue weighted by molar-refractivity contribution is 0.0723. The summed E-state index contributed by atoms with van der Waals surface area (Å²) in [5, 5.41) is 21.5. The summed E-state index contributed by atoms with van der Waals surface area (Å²) in [5.41, 5.74) is -0.782. The molecule has 0 aliphatic heterocycles. The molecule has 0 aromatic heterocycles. The number of benzene rings is 1. The standard InChI is InChI=1S/C11H12Cl2INO3/c1-11(4-16,5-17)15-10(18)7-2-6(12)3-8(13)9(7)14/h2-3,16-17H,4-5H2,1H3,(H,15,18). The van der Waals surface area contributed by atoms with Crippen LogP contribution in [0.3, 0.4) is 0 Å². The van der Waals surface area contributed by atoms with Crippen molar-refractivity contribution in [2.24, 2.45) is 0 Å². The first-order valence-electron chi connectivity index (χ1n) is 5.02. The predicted molar refractivity (Wildman–Crippen MR) is 79.2 cm³/mol. The minimum atomic E-state index is -1.09. The molecule has 1 amide bonds. The maximum absolute atomic E-state index is 12.0. The molecule has 1 aromatic carbocycles. The molecule has 100 valence electrons. The predicted octanol–water partition coefficient (Wildman–Crippen LogP) is 2.07. The van der Waals surface area contributed by atoms with E-state index in [1.165, 1.54) is 13.0 Å². The number of hydrogen-bond acceptors (Lipinski definition) is 3. The summed E-state index contributed by atoms with van der Waals surface area (Å²) in [6, 6.07) is 3.03. The summed E-state index contributed by atoms with van der Waals surface area (Å²) in [6.07, 6.45) is 0. The third kappa shape index (κ3) is 3.71. The average molecular weight is 404 g/mol. The number of carbonyl (C=O) groups is 1. The van der Waals surface area contributed by atoms with Crippen LogP contribution in [0.1, 0.15) is 17.3 Å². The first-order chi connectivity index (χ1) is 8.33. The van der Waals surface area contributed by atoms with Crippen LogP contribution < -0.4 is 5.32 Å². The van der Waals surface area contributed by atoms with E-state index in [4.69, 9.17) is 33.4 Å². The Balaban J connectivity index is 3.05. The zero-order valence-electron chi connectivity index (χ0n) is 9.51. The van der Waals surface area contributed by atoms with Gasteiger partial charge < -0.3 is 15.5 Å². The molecule has 0 saturated heterocycles. The molecule has 0 unspecified atom stereocenters. The van der Waals surface area contributed by atoms with Crippen molar-refractivity contribution in [3.63, 3.8) is 0 Å². The quantitative estimate of drug-likeness (QED) is 0.532. The van der Waals surface area contributed by atoms with Crippen molar-refractivity contribution < 1.29 is 15.0 Å². The summed E-state index contributed by atoms with van der Waals surface area (Å²) in [7, 11) is 0. The van der Waals surface area contributed by atoms with Crippen molar-refractivity contribution in [3.8, 4) is 0 Å². The molecule has 0 heterocycles. The average Bonchev–Trinajstić information content (AvgIpc) is 2.33.